The number of nitrogens with zero attached hydrogens (tertiary/aromatic N) is 2. The van der Waals surface area contributed by atoms with Crippen LogP contribution in [0.2, 0.25) is 0 Å². The number of aromatic nitrogens is 1. The zero-order valence-corrected chi connectivity index (χ0v) is 14.3. The maximum Gasteiger partial charge on any atom is 0.263 e. The first-order valence-electron chi connectivity index (χ1n) is 8.76. The third-order valence-electron chi connectivity index (χ3n) is 4.59. The summed E-state index contributed by atoms with van der Waals surface area (Å²) in [6.45, 7) is 6.04. The van der Waals surface area contributed by atoms with Crippen molar-refractivity contribution in [3.8, 4) is 0 Å². The molecule has 2 rings (SSSR count). The number of likely N-dealkylation sites (tertiary alicyclic amines) is 1. The van der Waals surface area contributed by atoms with E-state index < -0.39 is 0 Å². The van der Waals surface area contributed by atoms with Gasteiger partial charge in [-0.05, 0) is 43.9 Å². The number of Topliss-reactive ketones (excluding diaryl/α,β-unsaturated/α-hetero) is 1. The molecule has 0 atom stereocenters. The van der Waals surface area contributed by atoms with E-state index in [0.717, 1.165) is 45.2 Å². The number of amides is 1. The van der Waals surface area contributed by atoms with Crippen LogP contribution >= 0.6 is 0 Å². The Balaban J connectivity index is 1.61. The van der Waals surface area contributed by atoms with Crippen molar-refractivity contribution < 1.29 is 14.0 Å². The molecule has 0 aromatic carbocycles. The summed E-state index contributed by atoms with van der Waals surface area (Å²) in [5.74, 6) is 1.71. The van der Waals surface area contributed by atoms with Crippen LogP contribution in [0.1, 0.15) is 69.5 Å². The Kier molecular flexibility index (Phi) is 6.81. The van der Waals surface area contributed by atoms with E-state index in [0.29, 0.717) is 30.6 Å². The van der Waals surface area contributed by atoms with Crippen LogP contribution in [0.25, 0.3) is 0 Å². The second kappa shape index (κ2) is 8.85. The lowest BCUT2D eigenvalue weighted by Crippen LogP contribution is -2.38. The van der Waals surface area contributed by atoms with Gasteiger partial charge in [-0.1, -0.05) is 13.8 Å². The molecule has 1 aromatic rings. The van der Waals surface area contributed by atoms with Gasteiger partial charge in [0.2, 0.25) is 11.7 Å². The fraction of sp³-hybridized carbons (Fsp3) is 0.722. The van der Waals surface area contributed by atoms with Gasteiger partial charge >= 0.3 is 0 Å². The molecule has 1 aromatic heterocycles. The van der Waals surface area contributed by atoms with Crippen molar-refractivity contribution in [2.75, 3.05) is 13.1 Å². The second-order valence-electron chi connectivity index (χ2n) is 6.91. The predicted octanol–water partition coefficient (Wildman–Crippen LogP) is 3.70. The van der Waals surface area contributed by atoms with Crippen molar-refractivity contribution in [1.29, 1.82) is 0 Å². The number of carbonyl (C=O) groups is 2. The molecule has 2 heterocycles. The van der Waals surface area contributed by atoms with Crippen molar-refractivity contribution in [2.24, 2.45) is 11.8 Å². The summed E-state index contributed by atoms with van der Waals surface area (Å²) in [7, 11) is 0. The highest BCUT2D eigenvalue weighted by Gasteiger charge is 2.22. The van der Waals surface area contributed by atoms with Crippen molar-refractivity contribution >= 4 is 11.7 Å². The average Bonchev–Trinajstić information content (AvgIpc) is 3.07. The zero-order chi connectivity index (χ0) is 16.7. The Bertz CT molecular complexity index is 488. The molecule has 1 aliphatic rings. The van der Waals surface area contributed by atoms with E-state index in [1.54, 1.807) is 0 Å². The molecule has 0 unspecified atom stereocenters. The highest BCUT2D eigenvalue weighted by atomic mass is 16.3. The van der Waals surface area contributed by atoms with Gasteiger partial charge in [-0.3, -0.25) is 9.59 Å². The van der Waals surface area contributed by atoms with Gasteiger partial charge in [0.15, 0.2) is 0 Å². The molecule has 1 aliphatic heterocycles. The smallest absolute Gasteiger partial charge is 0.263 e. The van der Waals surface area contributed by atoms with Gasteiger partial charge in [0, 0.05) is 25.9 Å². The van der Waals surface area contributed by atoms with Crippen LogP contribution < -0.4 is 0 Å². The van der Waals surface area contributed by atoms with Gasteiger partial charge in [-0.2, -0.15) is 0 Å². The summed E-state index contributed by atoms with van der Waals surface area (Å²) >= 11 is 0. The Hall–Kier alpha value is -1.65. The van der Waals surface area contributed by atoms with E-state index in [1.807, 2.05) is 4.90 Å². The summed E-state index contributed by atoms with van der Waals surface area (Å²) in [4.78, 5) is 29.8. The third kappa shape index (κ3) is 5.81. The SMILES string of the molecule is CC(C)CCC(=O)N1CCC(CCCC(=O)c2ncco2)CC1. The van der Waals surface area contributed by atoms with Gasteiger partial charge in [-0.15, -0.1) is 0 Å². The molecule has 0 saturated carbocycles. The zero-order valence-electron chi connectivity index (χ0n) is 14.3. The number of ketones is 1. The van der Waals surface area contributed by atoms with E-state index in [-0.39, 0.29) is 11.7 Å². The molecule has 128 valence electrons. The molecule has 5 nitrogen and oxygen atoms in total. The van der Waals surface area contributed by atoms with Crippen molar-refractivity contribution in [3.63, 3.8) is 0 Å². The van der Waals surface area contributed by atoms with E-state index in [9.17, 15) is 9.59 Å². The molecule has 1 saturated heterocycles. The maximum absolute atomic E-state index is 12.1. The minimum atomic E-state index is -0.0173. The number of piperidine rings is 1. The fourth-order valence-electron chi connectivity index (χ4n) is 3.06. The monoisotopic (exact) mass is 320 g/mol. The van der Waals surface area contributed by atoms with Crippen LogP contribution in [0.5, 0.6) is 0 Å². The minimum Gasteiger partial charge on any atom is -0.442 e. The largest absolute Gasteiger partial charge is 0.442 e. The topological polar surface area (TPSA) is 63.4 Å². The van der Waals surface area contributed by atoms with Gasteiger partial charge in [0.25, 0.3) is 5.89 Å². The number of carbonyl (C=O) groups excluding carboxylic acids is 2. The average molecular weight is 320 g/mol. The summed E-state index contributed by atoms with van der Waals surface area (Å²) < 4.78 is 5.01. The molecular formula is C18H28N2O3. The highest BCUT2D eigenvalue weighted by molar-refractivity contribution is 5.91. The summed E-state index contributed by atoms with van der Waals surface area (Å²) in [6, 6.07) is 0. The van der Waals surface area contributed by atoms with Crippen LogP contribution in [0.3, 0.4) is 0 Å². The van der Waals surface area contributed by atoms with Crippen LogP contribution in [0.15, 0.2) is 16.9 Å². The van der Waals surface area contributed by atoms with Crippen molar-refractivity contribution in [1.82, 2.24) is 9.88 Å². The molecule has 5 heteroatoms. The normalized spacial score (nSPS) is 16.0. The van der Waals surface area contributed by atoms with Crippen molar-refractivity contribution in [3.05, 3.63) is 18.4 Å². The second-order valence-corrected chi connectivity index (χ2v) is 6.91. The van der Waals surface area contributed by atoms with E-state index in [4.69, 9.17) is 4.42 Å². The summed E-state index contributed by atoms with van der Waals surface area (Å²) in [5, 5.41) is 0. The molecule has 0 N–H and O–H groups in total. The Morgan fingerprint density at radius 3 is 2.65 bits per heavy atom. The van der Waals surface area contributed by atoms with E-state index in [2.05, 4.69) is 18.8 Å². The summed E-state index contributed by atoms with van der Waals surface area (Å²) in [5.41, 5.74) is 0. The minimum absolute atomic E-state index is 0.0173. The van der Waals surface area contributed by atoms with Gasteiger partial charge in [0.05, 0.1) is 6.20 Å². The number of rotatable bonds is 8. The molecule has 23 heavy (non-hydrogen) atoms. The van der Waals surface area contributed by atoms with Crippen LogP contribution in [0.4, 0.5) is 0 Å². The van der Waals surface area contributed by atoms with Gasteiger partial charge in [0.1, 0.15) is 6.26 Å². The lowest BCUT2D eigenvalue weighted by molar-refractivity contribution is -0.132. The molecule has 0 bridgehead atoms. The number of oxazole rings is 1. The first kappa shape index (κ1) is 17.7. The molecule has 1 amide bonds. The molecular weight excluding hydrogens is 292 g/mol. The first-order chi connectivity index (χ1) is 11.1. The first-order valence-corrected chi connectivity index (χ1v) is 8.76. The van der Waals surface area contributed by atoms with Crippen molar-refractivity contribution in [2.45, 2.75) is 58.8 Å². The quantitative estimate of drug-likeness (QED) is 0.685. The Morgan fingerprint density at radius 1 is 1.30 bits per heavy atom. The van der Waals surface area contributed by atoms with E-state index in [1.165, 1.54) is 12.5 Å². The third-order valence-corrected chi connectivity index (χ3v) is 4.59. The predicted molar refractivity (Wildman–Crippen MR) is 88.1 cm³/mol. The lowest BCUT2D eigenvalue weighted by Gasteiger charge is -2.32. The highest BCUT2D eigenvalue weighted by Crippen LogP contribution is 2.24. The maximum atomic E-state index is 12.1. The fourth-order valence-corrected chi connectivity index (χ4v) is 3.06. The standard InChI is InChI=1S/C18H28N2O3/c1-14(2)6-7-17(22)20-11-8-15(9-12-20)4-3-5-16(21)18-19-10-13-23-18/h10,13-15H,3-9,11-12H2,1-2H3. The lowest BCUT2D eigenvalue weighted by atomic mass is 9.91. The van der Waals surface area contributed by atoms with E-state index >= 15 is 0 Å². The number of hydrogen-bond acceptors (Lipinski definition) is 4. The van der Waals surface area contributed by atoms with Crippen LogP contribution in [-0.2, 0) is 4.79 Å². The molecule has 0 spiro atoms. The van der Waals surface area contributed by atoms with Gasteiger partial charge in [-0.25, -0.2) is 4.98 Å². The molecule has 1 fully saturated rings. The Labute approximate surface area is 138 Å². The molecule has 0 radical (unpaired) electrons. The van der Waals surface area contributed by atoms with Crippen LogP contribution in [-0.4, -0.2) is 34.7 Å². The van der Waals surface area contributed by atoms with Gasteiger partial charge < -0.3 is 9.32 Å². The molecule has 0 aliphatic carbocycles. The summed E-state index contributed by atoms with van der Waals surface area (Å²) in [6.07, 6.45) is 9.09. The Morgan fingerprint density at radius 2 is 2.04 bits per heavy atom. The number of hydrogen-bond donors (Lipinski definition) is 0. The van der Waals surface area contributed by atoms with Crippen LogP contribution in [0, 0.1) is 11.8 Å².